The quantitative estimate of drug-likeness (QED) is 0.321. The van der Waals surface area contributed by atoms with Crippen molar-refractivity contribution in [3.05, 3.63) is 53.6 Å². The summed E-state index contributed by atoms with van der Waals surface area (Å²) in [5.41, 5.74) is 1.20. The van der Waals surface area contributed by atoms with E-state index in [9.17, 15) is 4.79 Å². The van der Waals surface area contributed by atoms with Crippen molar-refractivity contribution in [2.45, 2.75) is 32.3 Å². The van der Waals surface area contributed by atoms with Crippen molar-refractivity contribution in [1.29, 1.82) is 0 Å². The number of esters is 1. The zero-order chi connectivity index (χ0) is 24.7. The lowest BCUT2D eigenvalue weighted by Crippen LogP contribution is -2.13. The van der Waals surface area contributed by atoms with E-state index >= 15 is 0 Å². The molecule has 0 aliphatic carbocycles. The summed E-state index contributed by atoms with van der Waals surface area (Å²) in [4.78, 5) is 13.2. The van der Waals surface area contributed by atoms with Gasteiger partial charge in [0, 0.05) is 10.8 Å². The largest absolute Gasteiger partial charge is 0.496 e. The summed E-state index contributed by atoms with van der Waals surface area (Å²) in [6.07, 6.45) is 2.13. The molecule has 0 saturated heterocycles. The maximum atomic E-state index is 13.2. The number of benzene rings is 3. The molecule has 182 valence electrons. The predicted octanol–water partition coefficient (Wildman–Crippen LogP) is 5.97. The third kappa shape index (κ3) is 5.14. The zero-order valence-corrected chi connectivity index (χ0v) is 20.6. The number of carbonyl (C=O) groups is 1. The van der Waals surface area contributed by atoms with Crippen LogP contribution in [0.5, 0.6) is 28.7 Å². The molecule has 0 aliphatic heterocycles. The third-order valence-corrected chi connectivity index (χ3v) is 5.74. The van der Waals surface area contributed by atoms with Crippen LogP contribution in [-0.2, 0) is 4.74 Å². The van der Waals surface area contributed by atoms with Crippen LogP contribution in [0.4, 0.5) is 0 Å². The van der Waals surface area contributed by atoms with Crippen molar-refractivity contribution < 1.29 is 33.2 Å². The van der Waals surface area contributed by atoms with Gasteiger partial charge in [-0.05, 0) is 48.7 Å². The van der Waals surface area contributed by atoms with Gasteiger partial charge in [-0.3, -0.25) is 0 Å². The van der Waals surface area contributed by atoms with Gasteiger partial charge in [0.15, 0.2) is 11.5 Å². The van der Waals surface area contributed by atoms with E-state index in [1.807, 2.05) is 30.3 Å². The average molecular weight is 469 g/mol. The third-order valence-electron chi connectivity index (χ3n) is 5.74. The molecule has 0 fully saturated rings. The summed E-state index contributed by atoms with van der Waals surface area (Å²) in [5.74, 6) is 2.20. The highest BCUT2D eigenvalue weighted by molar-refractivity contribution is 5.94. The van der Waals surface area contributed by atoms with E-state index in [1.165, 1.54) is 21.3 Å². The molecule has 0 N–H and O–H groups in total. The Kier molecular flexibility index (Phi) is 8.46. The van der Waals surface area contributed by atoms with Crippen molar-refractivity contribution in [1.82, 2.24) is 0 Å². The normalized spacial score (nSPS) is 11.6. The van der Waals surface area contributed by atoms with Crippen molar-refractivity contribution in [2.75, 3.05) is 35.5 Å². The second kappa shape index (κ2) is 11.5. The molecule has 3 rings (SSSR count). The van der Waals surface area contributed by atoms with E-state index in [1.54, 1.807) is 26.4 Å². The fourth-order valence-corrected chi connectivity index (χ4v) is 3.95. The Balaban J connectivity index is 2.00. The van der Waals surface area contributed by atoms with E-state index < -0.39 is 12.1 Å². The predicted molar refractivity (Wildman–Crippen MR) is 131 cm³/mol. The molecule has 0 amide bonds. The van der Waals surface area contributed by atoms with Crippen LogP contribution < -0.4 is 23.7 Å². The van der Waals surface area contributed by atoms with Crippen LogP contribution in [0.15, 0.2) is 42.5 Å². The lowest BCUT2D eigenvalue weighted by Gasteiger charge is -2.20. The van der Waals surface area contributed by atoms with Gasteiger partial charge in [-0.15, -0.1) is 0 Å². The van der Waals surface area contributed by atoms with E-state index in [0.717, 1.165) is 40.7 Å². The molecule has 34 heavy (non-hydrogen) atoms. The van der Waals surface area contributed by atoms with Gasteiger partial charge in [-0.25, -0.2) is 4.79 Å². The summed E-state index contributed by atoms with van der Waals surface area (Å²) in [6.45, 7) is 2.10. The molecule has 3 aromatic carbocycles. The molecule has 0 saturated carbocycles. The highest BCUT2D eigenvalue weighted by Gasteiger charge is 2.23. The molecule has 7 heteroatoms. The Morgan fingerprint density at radius 1 is 0.735 bits per heavy atom. The lowest BCUT2D eigenvalue weighted by molar-refractivity contribution is 0.0271. The molecule has 3 aromatic rings. The minimum atomic E-state index is -0.474. The van der Waals surface area contributed by atoms with E-state index in [0.29, 0.717) is 29.2 Å². The van der Waals surface area contributed by atoms with Crippen LogP contribution in [-0.4, -0.2) is 41.5 Å². The SMILES string of the molecule is CCCCC(OC(=O)c1cc(OC)c(OC)c(OC)c1)c1ccc2c(OC)ccc(OC)c2c1. The molecule has 0 aliphatic rings. The highest BCUT2D eigenvalue weighted by Crippen LogP contribution is 2.40. The number of carbonyl (C=O) groups excluding carboxylic acids is 1. The number of unbranched alkanes of at least 4 members (excludes halogenated alkanes) is 1. The van der Waals surface area contributed by atoms with Crippen molar-refractivity contribution in [3.8, 4) is 28.7 Å². The van der Waals surface area contributed by atoms with Crippen LogP contribution in [0.2, 0.25) is 0 Å². The number of hydrogen-bond acceptors (Lipinski definition) is 7. The Hall–Kier alpha value is -3.61. The lowest BCUT2D eigenvalue weighted by atomic mass is 9.99. The molecule has 0 heterocycles. The van der Waals surface area contributed by atoms with Gasteiger partial charge in [0.1, 0.15) is 17.6 Å². The molecule has 0 radical (unpaired) electrons. The summed E-state index contributed by atoms with van der Waals surface area (Å²) >= 11 is 0. The van der Waals surface area contributed by atoms with Gasteiger partial charge in [0.25, 0.3) is 0 Å². The topological polar surface area (TPSA) is 72.5 Å². The summed E-state index contributed by atoms with van der Waals surface area (Å²) in [6, 6.07) is 12.9. The standard InChI is InChI=1S/C27H32O7/c1-7-8-9-21(17-10-11-19-20(14-17)23(30-3)13-12-22(19)29-2)34-27(28)18-15-24(31-4)26(33-6)25(16-18)32-5/h10-16,21H,7-9H2,1-6H3. The van der Waals surface area contributed by atoms with Crippen LogP contribution in [0, 0.1) is 0 Å². The van der Waals surface area contributed by atoms with E-state index in [2.05, 4.69) is 6.92 Å². The first-order valence-electron chi connectivity index (χ1n) is 11.2. The number of ether oxygens (including phenoxy) is 6. The first kappa shape index (κ1) is 25.0. The minimum Gasteiger partial charge on any atom is -0.496 e. The highest BCUT2D eigenvalue weighted by atomic mass is 16.5. The Morgan fingerprint density at radius 2 is 1.32 bits per heavy atom. The van der Waals surface area contributed by atoms with Crippen LogP contribution in [0.1, 0.15) is 48.2 Å². The summed E-state index contributed by atoms with van der Waals surface area (Å²) in [5, 5.41) is 1.82. The van der Waals surface area contributed by atoms with Gasteiger partial charge in [0.2, 0.25) is 5.75 Å². The fraction of sp³-hybridized carbons (Fsp3) is 0.370. The van der Waals surface area contributed by atoms with Crippen molar-refractivity contribution in [2.24, 2.45) is 0 Å². The first-order valence-corrected chi connectivity index (χ1v) is 11.2. The second-order valence-corrected chi connectivity index (χ2v) is 7.73. The van der Waals surface area contributed by atoms with Crippen molar-refractivity contribution in [3.63, 3.8) is 0 Å². The van der Waals surface area contributed by atoms with Crippen LogP contribution in [0.3, 0.4) is 0 Å². The Bertz CT molecular complexity index is 1110. The summed E-state index contributed by atoms with van der Waals surface area (Å²) in [7, 11) is 7.80. The molecular weight excluding hydrogens is 436 g/mol. The minimum absolute atomic E-state index is 0.316. The van der Waals surface area contributed by atoms with Gasteiger partial charge >= 0.3 is 5.97 Å². The van der Waals surface area contributed by atoms with Crippen LogP contribution in [0.25, 0.3) is 10.8 Å². The number of hydrogen-bond donors (Lipinski definition) is 0. The molecule has 7 nitrogen and oxygen atoms in total. The Morgan fingerprint density at radius 3 is 1.85 bits per heavy atom. The molecule has 0 bridgehead atoms. The molecular formula is C27H32O7. The van der Waals surface area contributed by atoms with Crippen molar-refractivity contribution >= 4 is 16.7 Å². The summed E-state index contributed by atoms with van der Waals surface area (Å²) < 4.78 is 33.2. The zero-order valence-electron chi connectivity index (χ0n) is 20.6. The molecule has 0 spiro atoms. The van der Waals surface area contributed by atoms with Gasteiger partial charge in [-0.2, -0.15) is 0 Å². The number of fused-ring (bicyclic) bond motifs is 1. The van der Waals surface area contributed by atoms with Crippen LogP contribution >= 0.6 is 0 Å². The first-order chi connectivity index (χ1) is 16.5. The molecule has 1 atom stereocenters. The molecule has 0 aromatic heterocycles. The van der Waals surface area contributed by atoms with E-state index in [4.69, 9.17) is 28.4 Å². The maximum Gasteiger partial charge on any atom is 0.339 e. The average Bonchev–Trinajstić information content (AvgIpc) is 2.88. The molecule has 1 unspecified atom stereocenters. The van der Waals surface area contributed by atoms with E-state index in [-0.39, 0.29) is 0 Å². The number of methoxy groups -OCH3 is 5. The van der Waals surface area contributed by atoms with Gasteiger partial charge < -0.3 is 28.4 Å². The van der Waals surface area contributed by atoms with Gasteiger partial charge in [-0.1, -0.05) is 25.5 Å². The monoisotopic (exact) mass is 468 g/mol. The number of rotatable bonds is 11. The Labute approximate surface area is 200 Å². The maximum absolute atomic E-state index is 13.2. The van der Waals surface area contributed by atoms with Gasteiger partial charge in [0.05, 0.1) is 41.1 Å². The smallest absolute Gasteiger partial charge is 0.339 e. The second-order valence-electron chi connectivity index (χ2n) is 7.73. The fourth-order valence-electron chi connectivity index (χ4n) is 3.95.